The first-order valence-electron chi connectivity index (χ1n) is 6.75. The second-order valence-corrected chi connectivity index (χ2v) is 7.30. The lowest BCUT2D eigenvalue weighted by Gasteiger charge is -2.18. The van der Waals surface area contributed by atoms with Gasteiger partial charge in [-0.25, -0.2) is 17.5 Å². The molecule has 0 bridgehead atoms. The van der Waals surface area contributed by atoms with Crippen LogP contribution in [0.3, 0.4) is 0 Å². The van der Waals surface area contributed by atoms with Crippen LogP contribution in [0.2, 0.25) is 0 Å². The number of halogens is 1. The van der Waals surface area contributed by atoms with Gasteiger partial charge in [-0.1, -0.05) is 24.3 Å². The molecule has 4 nitrogen and oxygen atoms in total. The summed E-state index contributed by atoms with van der Waals surface area (Å²) in [5.74, 6) is -0.485. The zero-order chi connectivity index (χ0) is 16.4. The van der Waals surface area contributed by atoms with Crippen LogP contribution < -0.4 is 4.72 Å². The summed E-state index contributed by atoms with van der Waals surface area (Å²) in [5, 5.41) is 9.87. The largest absolute Gasteiger partial charge is 0.386 e. The normalized spacial score (nSPS) is 12.4. The molecule has 6 heteroatoms. The predicted octanol–water partition coefficient (Wildman–Crippen LogP) is 2.53. The number of nitrogens with one attached hydrogen (secondary N) is 1. The summed E-state index contributed by atoms with van der Waals surface area (Å²) in [6, 6.07) is 11.6. The van der Waals surface area contributed by atoms with E-state index in [2.05, 4.69) is 4.72 Å². The van der Waals surface area contributed by atoms with Crippen LogP contribution >= 0.6 is 0 Å². The quantitative estimate of drug-likeness (QED) is 0.888. The van der Waals surface area contributed by atoms with Crippen LogP contribution in [0.25, 0.3) is 0 Å². The number of sulfonamides is 1. The first-order valence-corrected chi connectivity index (χ1v) is 8.24. The van der Waals surface area contributed by atoms with Crippen LogP contribution in [0.4, 0.5) is 4.39 Å². The van der Waals surface area contributed by atoms with Gasteiger partial charge < -0.3 is 5.11 Å². The molecule has 0 aliphatic carbocycles. The zero-order valence-corrected chi connectivity index (χ0v) is 13.2. The molecule has 0 spiro atoms. The van der Waals surface area contributed by atoms with Crippen molar-refractivity contribution in [2.45, 2.75) is 30.9 Å². The average Bonchev–Trinajstić information content (AvgIpc) is 2.45. The highest BCUT2D eigenvalue weighted by molar-refractivity contribution is 7.89. The summed E-state index contributed by atoms with van der Waals surface area (Å²) in [7, 11) is -3.68. The molecule has 0 amide bonds. The Labute approximate surface area is 129 Å². The van der Waals surface area contributed by atoms with E-state index in [9.17, 15) is 17.9 Å². The number of rotatable bonds is 5. The standard InChI is InChI=1S/C16H18FNO3S/c1-16(2,19)13-5-3-12(4-6-13)11-18-22(20,21)15-9-7-14(17)8-10-15/h3-10,18-19H,11H2,1-2H3. The average molecular weight is 323 g/mol. The summed E-state index contributed by atoms with van der Waals surface area (Å²) in [6.45, 7) is 3.48. The molecule has 0 saturated heterocycles. The van der Waals surface area contributed by atoms with Crippen molar-refractivity contribution in [1.29, 1.82) is 0 Å². The minimum absolute atomic E-state index is 0.0158. The van der Waals surface area contributed by atoms with E-state index >= 15 is 0 Å². The summed E-state index contributed by atoms with van der Waals surface area (Å²) < 4.78 is 39.4. The zero-order valence-electron chi connectivity index (χ0n) is 12.4. The molecule has 0 saturated carbocycles. The topological polar surface area (TPSA) is 66.4 Å². The SMILES string of the molecule is CC(C)(O)c1ccc(CNS(=O)(=O)c2ccc(F)cc2)cc1. The molecular formula is C16H18FNO3S. The third-order valence-corrected chi connectivity index (χ3v) is 4.67. The third-order valence-electron chi connectivity index (χ3n) is 3.25. The molecule has 118 valence electrons. The third kappa shape index (κ3) is 4.13. The molecule has 2 N–H and O–H groups in total. The Kier molecular flexibility index (Phi) is 4.65. The van der Waals surface area contributed by atoms with Crippen molar-refractivity contribution >= 4 is 10.0 Å². The van der Waals surface area contributed by atoms with Crippen LogP contribution in [-0.2, 0) is 22.2 Å². The fraction of sp³-hybridized carbons (Fsp3) is 0.250. The van der Waals surface area contributed by atoms with Crippen molar-refractivity contribution in [3.63, 3.8) is 0 Å². The van der Waals surface area contributed by atoms with E-state index in [-0.39, 0.29) is 11.4 Å². The molecule has 0 radical (unpaired) electrons. The molecule has 0 fully saturated rings. The van der Waals surface area contributed by atoms with Crippen LogP contribution in [0.1, 0.15) is 25.0 Å². The summed E-state index contributed by atoms with van der Waals surface area (Å²) in [5.41, 5.74) is 0.572. The highest BCUT2D eigenvalue weighted by Gasteiger charge is 2.16. The van der Waals surface area contributed by atoms with Crippen LogP contribution in [0, 0.1) is 5.82 Å². The molecule has 0 aliphatic rings. The maximum absolute atomic E-state index is 12.8. The van der Waals surface area contributed by atoms with E-state index in [4.69, 9.17) is 0 Å². The molecule has 22 heavy (non-hydrogen) atoms. The van der Waals surface area contributed by atoms with Gasteiger partial charge in [0.25, 0.3) is 0 Å². The molecule has 2 rings (SSSR count). The number of benzene rings is 2. The van der Waals surface area contributed by atoms with Crippen molar-refractivity contribution in [2.75, 3.05) is 0 Å². The van der Waals surface area contributed by atoms with E-state index in [0.717, 1.165) is 23.3 Å². The smallest absolute Gasteiger partial charge is 0.240 e. The lowest BCUT2D eigenvalue weighted by Crippen LogP contribution is -2.23. The van der Waals surface area contributed by atoms with Gasteiger partial charge in [-0.05, 0) is 49.2 Å². The Morgan fingerprint density at radius 3 is 2.09 bits per heavy atom. The lowest BCUT2D eigenvalue weighted by molar-refractivity contribution is 0.0786. The van der Waals surface area contributed by atoms with Gasteiger partial charge in [-0.2, -0.15) is 0 Å². The second-order valence-electron chi connectivity index (χ2n) is 5.53. The van der Waals surface area contributed by atoms with Gasteiger partial charge in [-0.15, -0.1) is 0 Å². The fourth-order valence-electron chi connectivity index (χ4n) is 1.91. The monoisotopic (exact) mass is 323 g/mol. The van der Waals surface area contributed by atoms with Crippen LogP contribution in [0.15, 0.2) is 53.4 Å². The van der Waals surface area contributed by atoms with Crippen molar-refractivity contribution < 1.29 is 17.9 Å². The Morgan fingerprint density at radius 1 is 1.05 bits per heavy atom. The van der Waals surface area contributed by atoms with Crippen molar-refractivity contribution in [1.82, 2.24) is 4.72 Å². The van der Waals surface area contributed by atoms with E-state index < -0.39 is 21.4 Å². The van der Waals surface area contributed by atoms with Gasteiger partial charge >= 0.3 is 0 Å². The minimum atomic E-state index is -3.68. The molecule has 0 aromatic heterocycles. The van der Waals surface area contributed by atoms with E-state index in [0.29, 0.717) is 0 Å². The first-order chi connectivity index (χ1) is 10.2. The van der Waals surface area contributed by atoms with Crippen molar-refractivity contribution in [3.8, 4) is 0 Å². The van der Waals surface area contributed by atoms with Crippen molar-refractivity contribution in [3.05, 3.63) is 65.5 Å². The minimum Gasteiger partial charge on any atom is -0.386 e. The Morgan fingerprint density at radius 2 is 1.59 bits per heavy atom. The molecule has 0 atom stereocenters. The number of hydrogen-bond donors (Lipinski definition) is 2. The van der Waals surface area contributed by atoms with E-state index in [1.54, 1.807) is 38.1 Å². The molecule has 2 aromatic carbocycles. The van der Waals surface area contributed by atoms with E-state index in [1.807, 2.05) is 0 Å². The Hall–Kier alpha value is -1.76. The Bertz CT molecular complexity index is 732. The van der Waals surface area contributed by atoms with E-state index in [1.165, 1.54) is 12.1 Å². The number of aliphatic hydroxyl groups is 1. The van der Waals surface area contributed by atoms with Crippen molar-refractivity contribution in [2.24, 2.45) is 0 Å². The van der Waals surface area contributed by atoms with Gasteiger partial charge in [0.1, 0.15) is 5.82 Å². The molecular weight excluding hydrogens is 305 g/mol. The van der Waals surface area contributed by atoms with Gasteiger partial charge in [-0.3, -0.25) is 0 Å². The Balaban J connectivity index is 2.07. The second kappa shape index (κ2) is 6.16. The van der Waals surface area contributed by atoms with Crippen LogP contribution in [-0.4, -0.2) is 13.5 Å². The lowest BCUT2D eigenvalue weighted by atomic mass is 9.97. The van der Waals surface area contributed by atoms with Gasteiger partial charge in [0.05, 0.1) is 10.5 Å². The highest BCUT2D eigenvalue weighted by atomic mass is 32.2. The molecule has 2 aromatic rings. The summed E-state index contributed by atoms with van der Waals surface area (Å²) in [6.07, 6.45) is 0. The van der Waals surface area contributed by atoms with Gasteiger partial charge in [0.15, 0.2) is 0 Å². The molecule has 0 heterocycles. The van der Waals surface area contributed by atoms with Gasteiger partial charge in [0, 0.05) is 6.54 Å². The summed E-state index contributed by atoms with van der Waals surface area (Å²) >= 11 is 0. The highest BCUT2D eigenvalue weighted by Crippen LogP contribution is 2.20. The predicted molar refractivity (Wildman–Crippen MR) is 82.1 cm³/mol. The number of hydrogen-bond acceptors (Lipinski definition) is 3. The maximum atomic E-state index is 12.8. The molecule has 0 aliphatic heterocycles. The fourth-order valence-corrected chi connectivity index (χ4v) is 2.92. The first kappa shape index (κ1) is 16.6. The summed E-state index contributed by atoms with van der Waals surface area (Å²) in [4.78, 5) is 0.0158. The van der Waals surface area contributed by atoms with Crippen LogP contribution in [0.5, 0.6) is 0 Å². The van der Waals surface area contributed by atoms with Gasteiger partial charge in [0.2, 0.25) is 10.0 Å². The maximum Gasteiger partial charge on any atom is 0.240 e. The molecule has 0 unspecified atom stereocenters.